The van der Waals surface area contributed by atoms with E-state index in [0.717, 1.165) is 51.7 Å². The Kier molecular flexibility index (Phi) is 4.66. The SMILES string of the molecule is CCCC1(C(=O)N2CCCC2CC)CCNCC1. The fraction of sp³-hybridized carbons (Fsp3) is 0.933. The van der Waals surface area contributed by atoms with Crippen molar-refractivity contribution < 1.29 is 4.79 Å². The first kappa shape index (κ1) is 13.9. The van der Waals surface area contributed by atoms with Crippen LogP contribution in [0.2, 0.25) is 0 Å². The maximum Gasteiger partial charge on any atom is 0.229 e. The minimum atomic E-state index is -0.0439. The second kappa shape index (κ2) is 6.05. The summed E-state index contributed by atoms with van der Waals surface area (Å²) in [5, 5.41) is 3.40. The molecule has 0 spiro atoms. The summed E-state index contributed by atoms with van der Waals surface area (Å²) in [7, 11) is 0. The molecule has 2 heterocycles. The standard InChI is InChI=1S/C15H28N2O/c1-3-7-15(8-10-16-11-9-15)14(18)17-12-5-6-13(17)4-2/h13,16H,3-12H2,1-2H3. The third-order valence-electron chi connectivity index (χ3n) is 4.85. The largest absolute Gasteiger partial charge is 0.339 e. The lowest BCUT2D eigenvalue weighted by molar-refractivity contribution is -0.145. The molecule has 1 atom stereocenters. The van der Waals surface area contributed by atoms with Gasteiger partial charge in [-0.15, -0.1) is 0 Å². The van der Waals surface area contributed by atoms with Crippen LogP contribution in [0.25, 0.3) is 0 Å². The molecule has 2 aliphatic heterocycles. The molecule has 2 rings (SSSR count). The lowest BCUT2D eigenvalue weighted by atomic mass is 9.74. The van der Waals surface area contributed by atoms with Crippen molar-refractivity contribution in [2.45, 2.75) is 64.8 Å². The summed E-state index contributed by atoms with van der Waals surface area (Å²) >= 11 is 0. The van der Waals surface area contributed by atoms with Gasteiger partial charge >= 0.3 is 0 Å². The molecule has 0 aliphatic carbocycles. The van der Waals surface area contributed by atoms with E-state index in [1.807, 2.05) is 0 Å². The lowest BCUT2D eigenvalue weighted by Crippen LogP contribution is -2.50. The van der Waals surface area contributed by atoms with Crippen molar-refractivity contribution in [3.05, 3.63) is 0 Å². The Morgan fingerprint density at radius 2 is 2.06 bits per heavy atom. The number of nitrogens with zero attached hydrogens (tertiary/aromatic N) is 1. The van der Waals surface area contributed by atoms with E-state index in [0.29, 0.717) is 11.9 Å². The van der Waals surface area contributed by atoms with Gasteiger partial charge in [0.25, 0.3) is 0 Å². The summed E-state index contributed by atoms with van der Waals surface area (Å²) in [6, 6.07) is 0.515. The molecule has 0 saturated carbocycles. The molecule has 104 valence electrons. The number of likely N-dealkylation sites (tertiary alicyclic amines) is 1. The Balaban J connectivity index is 2.12. The van der Waals surface area contributed by atoms with Crippen LogP contribution in [-0.4, -0.2) is 36.5 Å². The maximum atomic E-state index is 13.0. The van der Waals surface area contributed by atoms with Crippen LogP contribution in [0, 0.1) is 5.41 Å². The number of amides is 1. The van der Waals surface area contributed by atoms with Crippen LogP contribution in [0.5, 0.6) is 0 Å². The first-order valence-electron chi connectivity index (χ1n) is 7.75. The number of carbonyl (C=O) groups is 1. The normalized spacial score (nSPS) is 27.4. The smallest absolute Gasteiger partial charge is 0.229 e. The number of nitrogens with one attached hydrogen (secondary N) is 1. The van der Waals surface area contributed by atoms with E-state index in [1.165, 1.54) is 12.8 Å². The Labute approximate surface area is 111 Å². The molecule has 2 fully saturated rings. The van der Waals surface area contributed by atoms with E-state index in [2.05, 4.69) is 24.1 Å². The topological polar surface area (TPSA) is 32.3 Å². The molecule has 1 N–H and O–H groups in total. The van der Waals surface area contributed by atoms with Gasteiger partial charge in [0.1, 0.15) is 0 Å². The highest BCUT2D eigenvalue weighted by atomic mass is 16.2. The highest BCUT2D eigenvalue weighted by Crippen LogP contribution is 2.38. The Morgan fingerprint density at radius 3 is 2.67 bits per heavy atom. The van der Waals surface area contributed by atoms with Gasteiger partial charge in [0.15, 0.2) is 0 Å². The van der Waals surface area contributed by atoms with Crippen LogP contribution in [0.1, 0.15) is 58.8 Å². The summed E-state index contributed by atoms with van der Waals surface area (Å²) in [5.41, 5.74) is -0.0439. The zero-order valence-electron chi connectivity index (χ0n) is 12.0. The molecule has 0 radical (unpaired) electrons. The molecule has 0 bridgehead atoms. The lowest BCUT2D eigenvalue weighted by Gasteiger charge is -2.40. The fourth-order valence-electron chi connectivity index (χ4n) is 3.79. The van der Waals surface area contributed by atoms with Crippen LogP contribution >= 0.6 is 0 Å². The Bertz CT molecular complexity index is 279. The monoisotopic (exact) mass is 252 g/mol. The van der Waals surface area contributed by atoms with Crippen molar-refractivity contribution in [1.29, 1.82) is 0 Å². The molecule has 0 aromatic carbocycles. The van der Waals surface area contributed by atoms with Gasteiger partial charge in [-0.05, 0) is 51.6 Å². The van der Waals surface area contributed by atoms with E-state index in [-0.39, 0.29) is 5.41 Å². The molecule has 2 aliphatic rings. The first-order valence-corrected chi connectivity index (χ1v) is 7.75. The number of hydrogen-bond acceptors (Lipinski definition) is 2. The van der Waals surface area contributed by atoms with Crippen molar-refractivity contribution in [3.63, 3.8) is 0 Å². The van der Waals surface area contributed by atoms with Crippen molar-refractivity contribution in [1.82, 2.24) is 10.2 Å². The second-order valence-corrected chi connectivity index (χ2v) is 5.98. The Hall–Kier alpha value is -0.570. The zero-order chi connectivity index (χ0) is 13.0. The molecule has 3 nitrogen and oxygen atoms in total. The van der Waals surface area contributed by atoms with Crippen molar-refractivity contribution in [3.8, 4) is 0 Å². The summed E-state index contributed by atoms with van der Waals surface area (Å²) in [4.78, 5) is 15.2. The molecule has 1 amide bonds. The summed E-state index contributed by atoms with van der Waals surface area (Å²) in [6.07, 6.45) is 7.79. The van der Waals surface area contributed by atoms with Crippen LogP contribution < -0.4 is 5.32 Å². The molecular weight excluding hydrogens is 224 g/mol. The predicted molar refractivity (Wildman–Crippen MR) is 74.5 cm³/mol. The van der Waals surface area contributed by atoms with Gasteiger partial charge in [-0.1, -0.05) is 20.3 Å². The van der Waals surface area contributed by atoms with Gasteiger partial charge in [-0.25, -0.2) is 0 Å². The first-order chi connectivity index (χ1) is 8.73. The van der Waals surface area contributed by atoms with E-state index in [1.54, 1.807) is 0 Å². The molecule has 0 aromatic rings. The summed E-state index contributed by atoms with van der Waals surface area (Å²) in [6.45, 7) is 7.44. The van der Waals surface area contributed by atoms with Gasteiger partial charge in [-0.3, -0.25) is 4.79 Å². The van der Waals surface area contributed by atoms with Crippen LogP contribution in [0.3, 0.4) is 0 Å². The second-order valence-electron chi connectivity index (χ2n) is 5.98. The van der Waals surface area contributed by atoms with Gasteiger partial charge in [0.05, 0.1) is 5.41 Å². The molecule has 3 heteroatoms. The minimum absolute atomic E-state index is 0.0439. The fourth-order valence-corrected chi connectivity index (χ4v) is 3.79. The van der Waals surface area contributed by atoms with Crippen molar-refractivity contribution in [2.24, 2.45) is 5.41 Å². The highest BCUT2D eigenvalue weighted by molar-refractivity contribution is 5.83. The van der Waals surface area contributed by atoms with Crippen LogP contribution in [-0.2, 0) is 4.79 Å². The molecule has 18 heavy (non-hydrogen) atoms. The van der Waals surface area contributed by atoms with Crippen molar-refractivity contribution in [2.75, 3.05) is 19.6 Å². The van der Waals surface area contributed by atoms with Gasteiger partial charge < -0.3 is 10.2 Å². The van der Waals surface area contributed by atoms with E-state index in [9.17, 15) is 4.79 Å². The highest BCUT2D eigenvalue weighted by Gasteiger charge is 2.43. The van der Waals surface area contributed by atoms with E-state index >= 15 is 0 Å². The zero-order valence-corrected chi connectivity index (χ0v) is 12.0. The molecular formula is C15H28N2O. The molecule has 0 aromatic heterocycles. The average Bonchev–Trinajstić information content (AvgIpc) is 2.87. The van der Waals surface area contributed by atoms with Gasteiger partial charge in [0, 0.05) is 12.6 Å². The van der Waals surface area contributed by atoms with Gasteiger partial charge in [0.2, 0.25) is 5.91 Å². The summed E-state index contributed by atoms with van der Waals surface area (Å²) in [5.74, 6) is 0.468. The number of piperidine rings is 1. The number of hydrogen-bond donors (Lipinski definition) is 1. The molecule has 1 unspecified atom stereocenters. The van der Waals surface area contributed by atoms with Crippen molar-refractivity contribution >= 4 is 5.91 Å². The quantitative estimate of drug-likeness (QED) is 0.834. The Morgan fingerprint density at radius 1 is 1.33 bits per heavy atom. The van der Waals surface area contributed by atoms with Crippen LogP contribution in [0.4, 0.5) is 0 Å². The molecule has 2 saturated heterocycles. The number of carbonyl (C=O) groups excluding carboxylic acids is 1. The average molecular weight is 252 g/mol. The summed E-state index contributed by atoms with van der Waals surface area (Å²) < 4.78 is 0. The van der Waals surface area contributed by atoms with Gasteiger partial charge in [-0.2, -0.15) is 0 Å². The number of rotatable bonds is 4. The van der Waals surface area contributed by atoms with Crippen LogP contribution in [0.15, 0.2) is 0 Å². The maximum absolute atomic E-state index is 13.0. The predicted octanol–water partition coefficient (Wildman–Crippen LogP) is 2.56. The van der Waals surface area contributed by atoms with E-state index in [4.69, 9.17) is 0 Å². The van der Waals surface area contributed by atoms with E-state index < -0.39 is 0 Å². The third kappa shape index (κ3) is 2.56. The third-order valence-corrected chi connectivity index (χ3v) is 4.85. The minimum Gasteiger partial charge on any atom is -0.339 e.